The standard InChI is InChI=1S/C23H13Br2Cl3N2O3/c24-15-2-4-20-14(7-15)8-21(33-20)23(31)30-29-10-12-5-17(25)22(19(28)6-12)32-11-13-1-3-16(26)9-18(13)27/h1-10H,11H2,(H,30,31). The summed E-state index contributed by atoms with van der Waals surface area (Å²) in [6.45, 7) is 0.214. The molecule has 0 aliphatic heterocycles. The summed E-state index contributed by atoms with van der Waals surface area (Å²) in [5.41, 5.74) is 4.48. The number of amides is 1. The first-order valence-corrected chi connectivity index (χ1v) is 12.1. The van der Waals surface area contributed by atoms with E-state index in [2.05, 4.69) is 42.4 Å². The van der Waals surface area contributed by atoms with Crippen LogP contribution < -0.4 is 10.2 Å². The summed E-state index contributed by atoms with van der Waals surface area (Å²) in [6.07, 6.45) is 1.47. The van der Waals surface area contributed by atoms with Gasteiger partial charge in [0.15, 0.2) is 11.5 Å². The van der Waals surface area contributed by atoms with Crippen molar-refractivity contribution in [2.24, 2.45) is 5.10 Å². The number of hydrogen-bond acceptors (Lipinski definition) is 4. The van der Waals surface area contributed by atoms with E-state index in [0.29, 0.717) is 36.4 Å². The van der Waals surface area contributed by atoms with Crippen LogP contribution in [0.25, 0.3) is 11.0 Å². The predicted octanol–water partition coefficient (Wildman–Crippen LogP) is 8.26. The largest absolute Gasteiger partial charge is 0.486 e. The van der Waals surface area contributed by atoms with Gasteiger partial charge in [-0.3, -0.25) is 4.79 Å². The molecule has 0 spiro atoms. The smallest absolute Gasteiger partial charge is 0.307 e. The van der Waals surface area contributed by atoms with Gasteiger partial charge in [-0.1, -0.05) is 56.8 Å². The average molecular weight is 632 g/mol. The van der Waals surface area contributed by atoms with Gasteiger partial charge in [0.1, 0.15) is 12.2 Å². The lowest BCUT2D eigenvalue weighted by atomic mass is 10.2. The molecule has 0 aliphatic rings. The minimum absolute atomic E-state index is 0.157. The number of nitrogens with zero attached hydrogens (tertiary/aromatic N) is 1. The van der Waals surface area contributed by atoms with Gasteiger partial charge >= 0.3 is 5.91 Å². The van der Waals surface area contributed by atoms with Crippen LogP contribution >= 0.6 is 66.7 Å². The van der Waals surface area contributed by atoms with Crippen LogP contribution in [-0.4, -0.2) is 12.1 Å². The van der Waals surface area contributed by atoms with E-state index in [-0.39, 0.29) is 12.4 Å². The summed E-state index contributed by atoms with van der Waals surface area (Å²) in [6, 6.07) is 15.7. The maximum absolute atomic E-state index is 12.3. The monoisotopic (exact) mass is 628 g/mol. The fourth-order valence-corrected chi connectivity index (χ4v) is 4.76. The van der Waals surface area contributed by atoms with Gasteiger partial charge in [-0.25, -0.2) is 5.43 Å². The zero-order valence-corrected chi connectivity index (χ0v) is 22.0. The normalized spacial score (nSPS) is 11.3. The molecule has 0 aliphatic carbocycles. The molecule has 1 N–H and O–H groups in total. The van der Waals surface area contributed by atoms with Crippen molar-refractivity contribution in [2.75, 3.05) is 0 Å². The third-order valence-electron chi connectivity index (χ3n) is 4.49. The summed E-state index contributed by atoms with van der Waals surface area (Å²) >= 11 is 25.3. The Balaban J connectivity index is 1.42. The van der Waals surface area contributed by atoms with Gasteiger partial charge in [-0.05, 0) is 70.0 Å². The second-order valence-corrected chi connectivity index (χ2v) is 9.85. The molecule has 10 heteroatoms. The molecule has 0 saturated heterocycles. The highest BCUT2D eigenvalue weighted by Gasteiger charge is 2.13. The van der Waals surface area contributed by atoms with Crippen LogP contribution in [0.15, 0.2) is 73.1 Å². The molecular formula is C23H13Br2Cl3N2O3. The van der Waals surface area contributed by atoms with Crippen molar-refractivity contribution in [3.63, 3.8) is 0 Å². The highest BCUT2D eigenvalue weighted by Crippen LogP contribution is 2.35. The molecule has 0 atom stereocenters. The minimum atomic E-state index is -0.469. The number of benzene rings is 3. The number of halogens is 5. The van der Waals surface area contributed by atoms with E-state index in [0.717, 1.165) is 15.4 Å². The van der Waals surface area contributed by atoms with Crippen molar-refractivity contribution >= 4 is 89.8 Å². The topological polar surface area (TPSA) is 63.8 Å². The van der Waals surface area contributed by atoms with Crippen molar-refractivity contribution < 1.29 is 13.9 Å². The van der Waals surface area contributed by atoms with Gasteiger partial charge in [-0.2, -0.15) is 5.10 Å². The van der Waals surface area contributed by atoms with E-state index in [1.807, 2.05) is 12.1 Å². The Morgan fingerprint density at radius 1 is 1.03 bits per heavy atom. The third kappa shape index (κ3) is 5.91. The van der Waals surface area contributed by atoms with Crippen molar-refractivity contribution in [3.8, 4) is 5.75 Å². The van der Waals surface area contributed by atoms with Gasteiger partial charge in [0.05, 0.1) is 15.7 Å². The van der Waals surface area contributed by atoms with Crippen LogP contribution in [0.1, 0.15) is 21.7 Å². The Labute approximate surface area is 220 Å². The van der Waals surface area contributed by atoms with Crippen LogP contribution in [0.5, 0.6) is 5.75 Å². The van der Waals surface area contributed by atoms with Crippen LogP contribution in [-0.2, 0) is 6.61 Å². The van der Waals surface area contributed by atoms with E-state index in [4.69, 9.17) is 44.0 Å². The molecular weight excluding hydrogens is 618 g/mol. The summed E-state index contributed by atoms with van der Waals surface area (Å²) in [4.78, 5) is 12.3. The molecule has 0 saturated carbocycles. The molecule has 168 valence electrons. The first-order chi connectivity index (χ1) is 15.8. The van der Waals surface area contributed by atoms with Crippen LogP contribution in [0, 0.1) is 0 Å². The molecule has 4 aromatic rings. The summed E-state index contributed by atoms with van der Waals surface area (Å²) in [5.74, 6) is 0.143. The average Bonchev–Trinajstić information content (AvgIpc) is 3.18. The van der Waals surface area contributed by atoms with Crippen LogP contribution in [0.2, 0.25) is 15.1 Å². The number of fused-ring (bicyclic) bond motifs is 1. The number of ether oxygens (including phenoxy) is 1. The molecule has 0 unspecified atom stereocenters. The molecule has 5 nitrogen and oxygen atoms in total. The first kappa shape index (κ1) is 24.1. The van der Waals surface area contributed by atoms with E-state index < -0.39 is 5.91 Å². The maximum Gasteiger partial charge on any atom is 0.307 e. The minimum Gasteiger partial charge on any atom is -0.486 e. The molecule has 1 amide bonds. The fraction of sp³-hybridized carbons (Fsp3) is 0.0435. The Morgan fingerprint density at radius 3 is 2.61 bits per heavy atom. The van der Waals surface area contributed by atoms with E-state index in [1.54, 1.807) is 42.5 Å². The third-order valence-corrected chi connectivity index (χ3v) is 6.44. The molecule has 0 fully saturated rings. The van der Waals surface area contributed by atoms with E-state index >= 15 is 0 Å². The Kier molecular flexibility index (Phi) is 7.66. The maximum atomic E-state index is 12.3. The highest BCUT2D eigenvalue weighted by molar-refractivity contribution is 9.10. The van der Waals surface area contributed by atoms with Crippen molar-refractivity contribution in [2.45, 2.75) is 6.61 Å². The molecule has 0 radical (unpaired) electrons. The SMILES string of the molecule is O=C(NN=Cc1cc(Cl)c(OCc2ccc(Cl)cc2Cl)c(Br)c1)c1cc2cc(Br)ccc2o1. The lowest BCUT2D eigenvalue weighted by molar-refractivity contribution is 0.0929. The van der Waals surface area contributed by atoms with Crippen LogP contribution in [0.4, 0.5) is 0 Å². The number of nitrogens with one attached hydrogen (secondary N) is 1. The summed E-state index contributed by atoms with van der Waals surface area (Å²) in [5, 5.41) is 6.22. The van der Waals surface area contributed by atoms with Crippen molar-refractivity contribution in [1.82, 2.24) is 5.43 Å². The van der Waals surface area contributed by atoms with E-state index in [9.17, 15) is 4.79 Å². The van der Waals surface area contributed by atoms with Crippen LogP contribution in [0.3, 0.4) is 0 Å². The van der Waals surface area contributed by atoms with Gasteiger partial charge in [0, 0.05) is 25.5 Å². The molecule has 1 aromatic heterocycles. The predicted molar refractivity (Wildman–Crippen MR) is 139 cm³/mol. The number of carbonyl (C=O) groups is 1. The zero-order chi connectivity index (χ0) is 23.5. The Bertz CT molecular complexity index is 1370. The zero-order valence-electron chi connectivity index (χ0n) is 16.5. The van der Waals surface area contributed by atoms with Gasteiger partial charge in [-0.15, -0.1) is 0 Å². The van der Waals surface area contributed by atoms with Gasteiger partial charge in [0.2, 0.25) is 0 Å². The number of hydrazone groups is 1. The number of rotatable bonds is 6. The van der Waals surface area contributed by atoms with Crippen molar-refractivity contribution in [1.29, 1.82) is 0 Å². The summed E-state index contributed by atoms with van der Waals surface area (Å²) in [7, 11) is 0. The molecule has 0 bridgehead atoms. The van der Waals surface area contributed by atoms with Gasteiger partial charge < -0.3 is 9.15 Å². The number of carbonyl (C=O) groups excluding carboxylic acids is 1. The fourth-order valence-electron chi connectivity index (χ4n) is 2.93. The molecule has 3 aromatic carbocycles. The molecule has 33 heavy (non-hydrogen) atoms. The number of hydrogen-bond donors (Lipinski definition) is 1. The summed E-state index contributed by atoms with van der Waals surface area (Å²) < 4.78 is 12.9. The van der Waals surface area contributed by atoms with Crippen molar-refractivity contribution in [3.05, 3.63) is 95.5 Å². The highest BCUT2D eigenvalue weighted by atomic mass is 79.9. The van der Waals surface area contributed by atoms with Gasteiger partial charge in [0.25, 0.3) is 0 Å². The molecule has 1 heterocycles. The quantitative estimate of drug-likeness (QED) is 0.172. The molecule has 4 rings (SSSR count). The van der Waals surface area contributed by atoms with E-state index in [1.165, 1.54) is 6.21 Å². The second-order valence-electron chi connectivity index (χ2n) is 6.83. The Morgan fingerprint density at radius 2 is 1.85 bits per heavy atom. The lowest BCUT2D eigenvalue weighted by Gasteiger charge is -2.12. The Hall–Kier alpha value is -2.03. The number of furan rings is 1. The first-order valence-electron chi connectivity index (χ1n) is 9.38. The lowest BCUT2D eigenvalue weighted by Crippen LogP contribution is -2.16. The second kappa shape index (κ2) is 10.5.